The third kappa shape index (κ3) is 2.87. The first kappa shape index (κ1) is 12.1. The number of hydrogen-bond donors (Lipinski definition) is 0. The molecular weight excluding hydrogens is 264 g/mol. The molecule has 0 aliphatic carbocycles. The van der Waals surface area contributed by atoms with Gasteiger partial charge in [-0.05, 0) is 23.8 Å². The van der Waals surface area contributed by atoms with E-state index in [2.05, 4.69) is 0 Å². The Labute approximate surface area is 107 Å². The average Bonchev–Trinajstić information content (AvgIpc) is 2.25. The Morgan fingerprint density at radius 3 is 2.71 bits per heavy atom. The summed E-state index contributed by atoms with van der Waals surface area (Å²) in [4.78, 5) is 11.7. The normalized spacial score (nSPS) is 10.5. The summed E-state index contributed by atoms with van der Waals surface area (Å²) in [5.74, 6) is -0.344. The minimum atomic E-state index is -0.347. The van der Waals surface area contributed by atoms with Crippen LogP contribution in [0.3, 0.4) is 0 Å². The Morgan fingerprint density at radius 2 is 2.00 bits per heavy atom. The van der Waals surface area contributed by atoms with Crippen LogP contribution in [0.15, 0.2) is 41.3 Å². The molecule has 0 radical (unpaired) electrons. The fourth-order valence-electron chi connectivity index (χ4n) is 1.51. The molecule has 88 valence electrons. The molecule has 1 aromatic carbocycles. The first-order valence-electron chi connectivity index (χ1n) is 4.86. The summed E-state index contributed by atoms with van der Waals surface area (Å²) in [7, 11) is 0. The van der Waals surface area contributed by atoms with E-state index < -0.39 is 0 Å². The quantitative estimate of drug-likeness (QED) is 0.821. The van der Waals surface area contributed by atoms with E-state index in [0.717, 1.165) is 0 Å². The first-order chi connectivity index (χ1) is 8.06. The summed E-state index contributed by atoms with van der Waals surface area (Å²) in [5.41, 5.74) is 0.325. The predicted molar refractivity (Wildman–Crippen MR) is 66.2 cm³/mol. The van der Waals surface area contributed by atoms with Crippen LogP contribution in [-0.4, -0.2) is 4.57 Å². The van der Waals surface area contributed by atoms with Crippen LogP contribution in [0, 0.1) is 5.82 Å². The average molecular weight is 272 g/mol. The summed E-state index contributed by atoms with van der Waals surface area (Å²) >= 11 is 11.5. The van der Waals surface area contributed by atoms with Gasteiger partial charge < -0.3 is 4.57 Å². The molecule has 0 atom stereocenters. The van der Waals surface area contributed by atoms with Crippen LogP contribution in [0.2, 0.25) is 10.0 Å². The third-order valence-electron chi connectivity index (χ3n) is 2.25. The lowest BCUT2D eigenvalue weighted by molar-refractivity contribution is 0.623. The Bertz CT molecular complexity index is 610. The van der Waals surface area contributed by atoms with Gasteiger partial charge in [-0.3, -0.25) is 4.79 Å². The number of rotatable bonds is 2. The lowest BCUT2D eigenvalue weighted by Gasteiger charge is -2.07. The van der Waals surface area contributed by atoms with Gasteiger partial charge in [0, 0.05) is 6.20 Å². The van der Waals surface area contributed by atoms with Crippen molar-refractivity contribution in [3.05, 3.63) is 68.3 Å². The van der Waals surface area contributed by atoms with Crippen molar-refractivity contribution in [2.75, 3.05) is 0 Å². The smallest absolute Gasteiger partial charge is 0.269 e. The molecular formula is C12H8Cl2FNO. The van der Waals surface area contributed by atoms with Crippen molar-refractivity contribution in [1.82, 2.24) is 4.57 Å². The van der Waals surface area contributed by atoms with E-state index in [1.54, 1.807) is 12.1 Å². The molecule has 17 heavy (non-hydrogen) atoms. The highest BCUT2D eigenvalue weighted by molar-refractivity contribution is 6.34. The minimum absolute atomic E-state index is 0.0499. The molecule has 0 saturated carbocycles. The van der Waals surface area contributed by atoms with E-state index in [1.807, 2.05) is 0 Å². The zero-order chi connectivity index (χ0) is 12.4. The molecule has 0 N–H and O–H groups in total. The van der Waals surface area contributed by atoms with Crippen molar-refractivity contribution in [2.45, 2.75) is 6.54 Å². The van der Waals surface area contributed by atoms with Crippen LogP contribution < -0.4 is 5.56 Å². The Morgan fingerprint density at radius 1 is 1.24 bits per heavy atom. The Hall–Kier alpha value is -1.32. The highest BCUT2D eigenvalue weighted by Crippen LogP contribution is 2.12. The van der Waals surface area contributed by atoms with Crippen molar-refractivity contribution < 1.29 is 4.39 Å². The summed E-state index contributed by atoms with van der Waals surface area (Å²) in [5, 5.41) is 0.417. The van der Waals surface area contributed by atoms with Gasteiger partial charge in [0.25, 0.3) is 5.56 Å². The van der Waals surface area contributed by atoms with Crippen LogP contribution in [0.25, 0.3) is 0 Å². The number of halogens is 3. The van der Waals surface area contributed by atoms with Gasteiger partial charge >= 0.3 is 0 Å². The Kier molecular flexibility index (Phi) is 3.50. The number of hydrogen-bond acceptors (Lipinski definition) is 1. The Balaban J connectivity index is 2.40. The fourth-order valence-corrected chi connectivity index (χ4v) is 2.02. The molecule has 0 fully saturated rings. The van der Waals surface area contributed by atoms with Crippen molar-refractivity contribution in [3.8, 4) is 0 Å². The minimum Gasteiger partial charge on any atom is -0.308 e. The number of benzene rings is 1. The molecule has 2 aromatic rings. The maximum atomic E-state index is 13.0. The molecule has 0 spiro atoms. The van der Waals surface area contributed by atoms with Gasteiger partial charge in [0.05, 0.1) is 11.6 Å². The van der Waals surface area contributed by atoms with E-state index in [-0.39, 0.29) is 22.9 Å². The van der Waals surface area contributed by atoms with Crippen molar-refractivity contribution >= 4 is 23.2 Å². The lowest BCUT2D eigenvalue weighted by atomic mass is 10.2. The van der Waals surface area contributed by atoms with Gasteiger partial charge in [-0.2, -0.15) is 0 Å². The van der Waals surface area contributed by atoms with Crippen molar-refractivity contribution in [3.63, 3.8) is 0 Å². The molecule has 2 nitrogen and oxygen atoms in total. The van der Waals surface area contributed by atoms with Crippen LogP contribution in [0.5, 0.6) is 0 Å². The molecule has 5 heteroatoms. The molecule has 1 heterocycles. The van der Waals surface area contributed by atoms with Gasteiger partial charge in [-0.1, -0.05) is 35.3 Å². The lowest BCUT2D eigenvalue weighted by Crippen LogP contribution is -2.20. The SMILES string of the molecule is O=c1c(Cl)cc(Cl)cn1Cc1cccc(F)c1. The van der Waals surface area contributed by atoms with Gasteiger partial charge in [0.1, 0.15) is 10.8 Å². The van der Waals surface area contributed by atoms with Crippen LogP contribution in [0.4, 0.5) is 4.39 Å². The second kappa shape index (κ2) is 4.90. The maximum absolute atomic E-state index is 13.0. The van der Waals surface area contributed by atoms with Gasteiger partial charge in [0.15, 0.2) is 0 Å². The van der Waals surface area contributed by atoms with Crippen LogP contribution in [0.1, 0.15) is 5.56 Å². The van der Waals surface area contributed by atoms with E-state index in [9.17, 15) is 9.18 Å². The summed E-state index contributed by atoms with van der Waals surface area (Å²) in [6.07, 6.45) is 1.47. The fraction of sp³-hybridized carbons (Fsp3) is 0.0833. The van der Waals surface area contributed by atoms with Crippen LogP contribution >= 0.6 is 23.2 Å². The van der Waals surface area contributed by atoms with Gasteiger partial charge in [0.2, 0.25) is 0 Å². The standard InChI is InChI=1S/C12H8Cl2FNO/c13-9-5-11(14)12(17)16(7-9)6-8-2-1-3-10(15)4-8/h1-5,7H,6H2. The number of pyridine rings is 1. The molecule has 1 aromatic heterocycles. The highest BCUT2D eigenvalue weighted by Gasteiger charge is 2.04. The molecule has 0 aliphatic rings. The zero-order valence-corrected chi connectivity index (χ0v) is 10.2. The second-order valence-corrected chi connectivity index (χ2v) is 4.41. The second-order valence-electron chi connectivity index (χ2n) is 3.57. The first-order valence-corrected chi connectivity index (χ1v) is 5.62. The molecule has 0 amide bonds. The van der Waals surface area contributed by atoms with Gasteiger partial charge in [-0.15, -0.1) is 0 Å². The summed E-state index contributed by atoms with van der Waals surface area (Å²) < 4.78 is 14.3. The molecule has 0 bridgehead atoms. The predicted octanol–water partition coefficient (Wildman–Crippen LogP) is 3.34. The van der Waals surface area contributed by atoms with Crippen molar-refractivity contribution in [2.24, 2.45) is 0 Å². The van der Waals surface area contributed by atoms with E-state index in [0.29, 0.717) is 10.6 Å². The molecule has 0 saturated heterocycles. The van der Waals surface area contributed by atoms with Crippen molar-refractivity contribution in [1.29, 1.82) is 0 Å². The van der Waals surface area contributed by atoms with E-state index >= 15 is 0 Å². The van der Waals surface area contributed by atoms with Gasteiger partial charge in [-0.25, -0.2) is 4.39 Å². The summed E-state index contributed by atoms with van der Waals surface area (Å²) in [6, 6.07) is 7.40. The number of nitrogens with zero attached hydrogens (tertiary/aromatic N) is 1. The summed E-state index contributed by atoms with van der Waals surface area (Å²) in [6.45, 7) is 0.233. The maximum Gasteiger partial charge on any atom is 0.269 e. The topological polar surface area (TPSA) is 22.0 Å². The third-order valence-corrected chi connectivity index (χ3v) is 2.73. The molecule has 0 unspecified atom stereocenters. The van der Waals surface area contributed by atoms with E-state index in [4.69, 9.17) is 23.2 Å². The zero-order valence-electron chi connectivity index (χ0n) is 8.66. The van der Waals surface area contributed by atoms with Crippen LogP contribution in [-0.2, 0) is 6.54 Å². The largest absolute Gasteiger partial charge is 0.308 e. The molecule has 2 rings (SSSR count). The number of aromatic nitrogens is 1. The molecule has 0 aliphatic heterocycles. The highest BCUT2D eigenvalue weighted by atomic mass is 35.5. The van der Waals surface area contributed by atoms with E-state index in [1.165, 1.54) is 29.0 Å². The monoisotopic (exact) mass is 271 g/mol.